The van der Waals surface area contributed by atoms with Crippen LogP contribution < -0.4 is 10.2 Å². The quantitative estimate of drug-likeness (QED) is 0.350. The SMILES string of the molecule is Cc1cccc(-n2nc(-c3ccccc3)c3c2N(CC(=O)NC(C)C)C(=O)CS[C@@H]3c2cccc(F)c2)c1. The van der Waals surface area contributed by atoms with E-state index in [1.54, 1.807) is 10.7 Å². The molecule has 38 heavy (non-hydrogen) atoms. The van der Waals surface area contributed by atoms with Crippen LogP contribution in [0.25, 0.3) is 16.9 Å². The van der Waals surface area contributed by atoms with Crippen LogP contribution >= 0.6 is 11.8 Å². The molecule has 4 aromatic rings. The van der Waals surface area contributed by atoms with Gasteiger partial charge in [-0.15, -0.1) is 11.8 Å². The number of benzene rings is 3. The minimum Gasteiger partial charge on any atom is -0.352 e. The van der Waals surface area contributed by atoms with Gasteiger partial charge in [0.2, 0.25) is 11.8 Å². The summed E-state index contributed by atoms with van der Waals surface area (Å²) in [4.78, 5) is 28.2. The standard InChI is InChI=1S/C30H29FN4O2S/c1-19(2)32-25(36)17-34-26(37)18-38-29(22-12-8-13-23(31)16-22)27-28(21-10-5-4-6-11-21)33-35(30(27)34)24-14-7-9-20(3)15-24/h4-16,19,29H,17-18H2,1-3H3,(H,32,36)/t29-/m1/s1. The number of carbonyl (C=O) groups is 2. The molecule has 194 valence electrons. The largest absolute Gasteiger partial charge is 0.352 e. The number of aryl methyl sites for hydroxylation is 1. The highest BCUT2D eigenvalue weighted by atomic mass is 32.2. The number of hydrogen-bond donors (Lipinski definition) is 1. The van der Waals surface area contributed by atoms with Crippen LogP contribution in [-0.4, -0.2) is 39.9 Å². The van der Waals surface area contributed by atoms with E-state index in [1.807, 2.05) is 81.4 Å². The molecule has 2 heterocycles. The van der Waals surface area contributed by atoms with E-state index >= 15 is 0 Å². The zero-order valence-electron chi connectivity index (χ0n) is 21.5. The summed E-state index contributed by atoms with van der Waals surface area (Å²) in [6.45, 7) is 5.61. The Bertz CT molecular complexity index is 1480. The number of halogens is 1. The Hall–Kier alpha value is -3.91. The maximum Gasteiger partial charge on any atom is 0.240 e. The van der Waals surface area contributed by atoms with Crippen molar-refractivity contribution in [3.8, 4) is 16.9 Å². The number of carbonyl (C=O) groups excluding carboxylic acids is 2. The molecule has 8 heteroatoms. The number of nitrogens with zero attached hydrogens (tertiary/aromatic N) is 3. The molecular weight excluding hydrogens is 499 g/mol. The summed E-state index contributed by atoms with van der Waals surface area (Å²) < 4.78 is 16.2. The molecule has 1 aromatic heterocycles. The van der Waals surface area contributed by atoms with Crippen molar-refractivity contribution in [1.82, 2.24) is 15.1 Å². The van der Waals surface area contributed by atoms with E-state index in [1.165, 1.54) is 28.8 Å². The molecule has 3 aromatic carbocycles. The Morgan fingerprint density at radius 3 is 2.55 bits per heavy atom. The normalized spacial score (nSPS) is 15.3. The first-order valence-electron chi connectivity index (χ1n) is 12.5. The third-order valence-electron chi connectivity index (χ3n) is 6.29. The van der Waals surface area contributed by atoms with Gasteiger partial charge in [-0.3, -0.25) is 14.5 Å². The second-order valence-electron chi connectivity index (χ2n) is 9.65. The molecule has 5 rings (SSSR count). The second kappa shape index (κ2) is 10.8. The Kier molecular flexibility index (Phi) is 7.33. The molecule has 1 N–H and O–H groups in total. The lowest BCUT2D eigenvalue weighted by molar-refractivity contribution is -0.123. The first-order valence-corrected chi connectivity index (χ1v) is 13.6. The Labute approximate surface area is 225 Å². The lowest BCUT2D eigenvalue weighted by atomic mass is 9.99. The average Bonchev–Trinajstić information content (AvgIpc) is 3.21. The Balaban J connectivity index is 1.81. The molecule has 0 unspecified atom stereocenters. The van der Waals surface area contributed by atoms with Crippen LogP contribution in [0.5, 0.6) is 0 Å². The van der Waals surface area contributed by atoms with Gasteiger partial charge in [0.1, 0.15) is 18.2 Å². The van der Waals surface area contributed by atoms with Gasteiger partial charge in [-0.2, -0.15) is 5.10 Å². The molecule has 1 aliphatic rings. The van der Waals surface area contributed by atoms with Crippen molar-refractivity contribution in [3.63, 3.8) is 0 Å². The van der Waals surface area contributed by atoms with Crippen molar-refractivity contribution >= 4 is 29.4 Å². The van der Waals surface area contributed by atoms with Gasteiger partial charge in [-0.1, -0.05) is 54.6 Å². The van der Waals surface area contributed by atoms with Crippen LogP contribution in [0, 0.1) is 12.7 Å². The maximum absolute atomic E-state index is 14.4. The minimum absolute atomic E-state index is 0.0694. The van der Waals surface area contributed by atoms with Crippen LogP contribution in [0.2, 0.25) is 0 Å². The van der Waals surface area contributed by atoms with Crippen LogP contribution in [0.1, 0.15) is 35.8 Å². The molecule has 6 nitrogen and oxygen atoms in total. The fourth-order valence-corrected chi connectivity index (χ4v) is 5.90. The minimum atomic E-state index is -0.378. The summed E-state index contributed by atoms with van der Waals surface area (Å²) in [5.41, 5.74) is 4.88. The summed E-state index contributed by atoms with van der Waals surface area (Å²) in [5.74, 6) is -0.153. The maximum atomic E-state index is 14.4. The smallest absolute Gasteiger partial charge is 0.240 e. The number of nitrogens with one attached hydrogen (secondary N) is 1. The molecule has 1 aliphatic heterocycles. The summed E-state index contributed by atoms with van der Waals surface area (Å²) in [6, 6.07) is 24.0. The van der Waals surface area contributed by atoms with E-state index in [-0.39, 0.29) is 41.2 Å². The second-order valence-corrected chi connectivity index (χ2v) is 10.7. The molecular formula is C30H29FN4O2S. The Morgan fingerprint density at radius 1 is 1.08 bits per heavy atom. The fraction of sp³-hybridized carbons (Fsp3) is 0.233. The van der Waals surface area contributed by atoms with E-state index in [4.69, 9.17) is 5.10 Å². The highest BCUT2D eigenvalue weighted by Crippen LogP contribution is 2.48. The van der Waals surface area contributed by atoms with Crippen molar-refractivity contribution in [2.24, 2.45) is 0 Å². The lowest BCUT2D eigenvalue weighted by Crippen LogP contribution is -2.44. The zero-order chi connectivity index (χ0) is 26.8. The topological polar surface area (TPSA) is 67.2 Å². The molecule has 0 saturated heterocycles. The molecule has 1 atom stereocenters. The molecule has 0 aliphatic carbocycles. The predicted molar refractivity (Wildman–Crippen MR) is 150 cm³/mol. The number of hydrogen-bond acceptors (Lipinski definition) is 4. The van der Waals surface area contributed by atoms with E-state index in [0.717, 1.165) is 27.9 Å². The summed E-state index contributed by atoms with van der Waals surface area (Å²) in [6.07, 6.45) is 0. The number of amides is 2. The van der Waals surface area contributed by atoms with Gasteiger partial charge in [0.25, 0.3) is 0 Å². The molecule has 0 radical (unpaired) electrons. The van der Waals surface area contributed by atoms with E-state index in [9.17, 15) is 14.0 Å². The van der Waals surface area contributed by atoms with Crippen molar-refractivity contribution in [2.45, 2.75) is 32.1 Å². The number of fused-ring (bicyclic) bond motifs is 1. The molecule has 0 spiro atoms. The van der Waals surface area contributed by atoms with Crippen LogP contribution in [0.3, 0.4) is 0 Å². The first kappa shape index (κ1) is 25.7. The van der Waals surface area contributed by atoms with Crippen molar-refractivity contribution in [1.29, 1.82) is 0 Å². The van der Waals surface area contributed by atoms with E-state index in [2.05, 4.69) is 5.32 Å². The number of thioether (sulfide) groups is 1. The van der Waals surface area contributed by atoms with Crippen LogP contribution in [0.15, 0.2) is 78.9 Å². The van der Waals surface area contributed by atoms with E-state index < -0.39 is 0 Å². The summed E-state index contributed by atoms with van der Waals surface area (Å²) in [7, 11) is 0. The van der Waals surface area contributed by atoms with Gasteiger partial charge in [-0.25, -0.2) is 9.07 Å². The van der Waals surface area contributed by atoms with Crippen molar-refractivity contribution < 1.29 is 14.0 Å². The third-order valence-corrected chi connectivity index (χ3v) is 7.54. The third kappa shape index (κ3) is 5.22. The molecule has 0 fully saturated rings. The molecule has 2 amide bonds. The lowest BCUT2D eigenvalue weighted by Gasteiger charge is -2.24. The molecule has 0 saturated carbocycles. The van der Waals surface area contributed by atoms with Gasteiger partial charge in [-0.05, 0) is 56.2 Å². The number of anilines is 1. The number of rotatable bonds is 6. The van der Waals surface area contributed by atoms with Crippen LogP contribution in [-0.2, 0) is 9.59 Å². The predicted octanol–water partition coefficient (Wildman–Crippen LogP) is 5.68. The number of aromatic nitrogens is 2. The highest BCUT2D eigenvalue weighted by molar-refractivity contribution is 8.00. The zero-order valence-corrected chi connectivity index (χ0v) is 22.3. The average molecular weight is 529 g/mol. The fourth-order valence-electron chi connectivity index (χ4n) is 4.71. The Morgan fingerprint density at radius 2 is 1.84 bits per heavy atom. The first-order chi connectivity index (χ1) is 18.3. The van der Waals surface area contributed by atoms with Gasteiger partial charge < -0.3 is 5.32 Å². The summed E-state index contributed by atoms with van der Waals surface area (Å²) >= 11 is 1.42. The van der Waals surface area contributed by atoms with E-state index in [0.29, 0.717) is 11.5 Å². The van der Waals surface area contributed by atoms with Gasteiger partial charge in [0, 0.05) is 17.2 Å². The van der Waals surface area contributed by atoms with Crippen molar-refractivity contribution in [3.05, 3.63) is 101 Å². The monoisotopic (exact) mass is 528 g/mol. The van der Waals surface area contributed by atoms with Crippen LogP contribution in [0.4, 0.5) is 10.2 Å². The van der Waals surface area contributed by atoms with Crippen molar-refractivity contribution in [2.75, 3.05) is 17.2 Å². The van der Waals surface area contributed by atoms with Gasteiger partial charge >= 0.3 is 0 Å². The van der Waals surface area contributed by atoms with Gasteiger partial charge in [0.05, 0.1) is 22.4 Å². The van der Waals surface area contributed by atoms with Gasteiger partial charge in [0.15, 0.2) is 0 Å². The summed E-state index contributed by atoms with van der Waals surface area (Å²) in [5, 5.41) is 7.57. The highest BCUT2D eigenvalue weighted by Gasteiger charge is 2.37. The molecule has 0 bridgehead atoms.